The quantitative estimate of drug-likeness (QED) is 0.566. The number of hydrogen-bond acceptors (Lipinski definition) is 4. The van der Waals surface area contributed by atoms with Gasteiger partial charge < -0.3 is 14.6 Å². The third kappa shape index (κ3) is 5.29. The summed E-state index contributed by atoms with van der Waals surface area (Å²) in [5, 5.41) is 8.57. The molecule has 0 aromatic heterocycles. The fourth-order valence-electron chi connectivity index (χ4n) is 1.57. The van der Waals surface area contributed by atoms with E-state index in [2.05, 4.69) is 4.74 Å². The van der Waals surface area contributed by atoms with Crippen molar-refractivity contribution in [2.45, 2.75) is 19.3 Å². The van der Waals surface area contributed by atoms with Gasteiger partial charge in [-0.05, 0) is 37.0 Å². The molecule has 0 fully saturated rings. The van der Waals surface area contributed by atoms with Crippen LogP contribution in [0.4, 0.5) is 0 Å². The molecule has 0 aliphatic carbocycles. The Morgan fingerprint density at radius 1 is 1.17 bits per heavy atom. The van der Waals surface area contributed by atoms with E-state index in [0.717, 1.165) is 12.8 Å². The van der Waals surface area contributed by atoms with Crippen LogP contribution in [0.25, 0.3) is 0 Å². The van der Waals surface area contributed by atoms with Crippen LogP contribution in [0.5, 0.6) is 0 Å². The fourth-order valence-corrected chi connectivity index (χ4v) is 1.57. The Hall–Kier alpha value is -1.39. The predicted molar refractivity (Wildman–Crippen MR) is 68.6 cm³/mol. The second-order valence-electron chi connectivity index (χ2n) is 3.98. The van der Waals surface area contributed by atoms with E-state index in [1.165, 1.54) is 12.7 Å². The smallest absolute Gasteiger partial charge is 0.337 e. The van der Waals surface area contributed by atoms with Gasteiger partial charge in [0.2, 0.25) is 0 Å². The minimum atomic E-state index is -0.311. The summed E-state index contributed by atoms with van der Waals surface area (Å²) in [6.45, 7) is 1.48. The second-order valence-corrected chi connectivity index (χ2v) is 3.98. The summed E-state index contributed by atoms with van der Waals surface area (Å²) in [4.78, 5) is 11.2. The molecule has 1 aromatic rings. The Bertz CT molecular complexity index is 345. The monoisotopic (exact) mass is 252 g/mol. The Kier molecular flexibility index (Phi) is 7.06. The summed E-state index contributed by atoms with van der Waals surface area (Å²) in [5.74, 6) is -0.311. The number of hydrogen-bond donors (Lipinski definition) is 1. The first-order valence-corrected chi connectivity index (χ1v) is 6.13. The third-order valence-corrected chi connectivity index (χ3v) is 2.58. The first kappa shape index (κ1) is 14.7. The minimum Gasteiger partial charge on any atom is -0.465 e. The van der Waals surface area contributed by atoms with Crippen molar-refractivity contribution in [3.8, 4) is 0 Å². The molecule has 4 heteroatoms. The Morgan fingerprint density at radius 3 is 2.44 bits per heavy atom. The molecule has 0 aliphatic rings. The van der Waals surface area contributed by atoms with E-state index in [1.54, 1.807) is 12.1 Å². The van der Waals surface area contributed by atoms with Crippen molar-refractivity contribution in [1.82, 2.24) is 0 Å². The molecule has 0 amide bonds. The van der Waals surface area contributed by atoms with E-state index in [1.807, 2.05) is 12.1 Å². The van der Waals surface area contributed by atoms with Gasteiger partial charge in [0.15, 0.2) is 0 Å². The van der Waals surface area contributed by atoms with E-state index in [-0.39, 0.29) is 12.6 Å². The first-order chi connectivity index (χ1) is 8.77. The van der Waals surface area contributed by atoms with Gasteiger partial charge in [-0.3, -0.25) is 0 Å². The molecule has 0 heterocycles. The van der Waals surface area contributed by atoms with Gasteiger partial charge in [0, 0.05) is 19.8 Å². The van der Waals surface area contributed by atoms with Gasteiger partial charge in [-0.15, -0.1) is 0 Å². The number of ether oxygens (including phenoxy) is 2. The maximum absolute atomic E-state index is 11.2. The van der Waals surface area contributed by atoms with Crippen LogP contribution in [0, 0.1) is 0 Å². The maximum Gasteiger partial charge on any atom is 0.337 e. The standard InChI is InChI=1S/C14H20O4/c1-17-14(16)13-7-5-12(6-8-13)4-2-10-18-11-3-9-15/h5-8,15H,2-4,9-11H2,1H3. The second kappa shape index (κ2) is 8.66. The van der Waals surface area contributed by atoms with Gasteiger partial charge in [0.1, 0.15) is 0 Å². The van der Waals surface area contributed by atoms with Crippen molar-refractivity contribution in [3.63, 3.8) is 0 Å². The average Bonchev–Trinajstić information content (AvgIpc) is 2.42. The van der Waals surface area contributed by atoms with Crippen LogP contribution < -0.4 is 0 Å². The zero-order valence-electron chi connectivity index (χ0n) is 10.7. The van der Waals surface area contributed by atoms with E-state index in [0.29, 0.717) is 25.2 Å². The zero-order valence-corrected chi connectivity index (χ0v) is 10.7. The molecule has 100 valence electrons. The lowest BCUT2D eigenvalue weighted by Gasteiger charge is -2.04. The van der Waals surface area contributed by atoms with E-state index in [9.17, 15) is 4.79 Å². The molecule has 18 heavy (non-hydrogen) atoms. The molecule has 4 nitrogen and oxygen atoms in total. The number of aliphatic hydroxyl groups excluding tert-OH is 1. The third-order valence-electron chi connectivity index (χ3n) is 2.58. The number of aliphatic hydroxyl groups is 1. The maximum atomic E-state index is 11.2. The molecule has 0 radical (unpaired) electrons. The first-order valence-electron chi connectivity index (χ1n) is 6.13. The van der Waals surface area contributed by atoms with Gasteiger partial charge in [-0.1, -0.05) is 12.1 Å². The Labute approximate surface area is 108 Å². The lowest BCUT2D eigenvalue weighted by atomic mass is 10.1. The molecule has 0 bridgehead atoms. The number of benzene rings is 1. The highest BCUT2D eigenvalue weighted by Gasteiger charge is 2.03. The predicted octanol–water partition coefficient (Wildman–Crippen LogP) is 1.80. The number of rotatable bonds is 8. The van der Waals surface area contributed by atoms with Crippen LogP contribution >= 0.6 is 0 Å². The highest BCUT2D eigenvalue weighted by atomic mass is 16.5. The Balaban J connectivity index is 2.25. The highest BCUT2D eigenvalue weighted by molar-refractivity contribution is 5.89. The van der Waals surface area contributed by atoms with Crippen LogP contribution in [0.2, 0.25) is 0 Å². The molecule has 0 unspecified atom stereocenters. The number of carbonyl (C=O) groups excluding carboxylic acids is 1. The van der Waals surface area contributed by atoms with Crippen molar-refractivity contribution < 1.29 is 19.4 Å². The van der Waals surface area contributed by atoms with E-state index >= 15 is 0 Å². The Morgan fingerprint density at radius 2 is 1.83 bits per heavy atom. The number of esters is 1. The largest absolute Gasteiger partial charge is 0.465 e. The van der Waals surface area contributed by atoms with Crippen molar-refractivity contribution >= 4 is 5.97 Å². The molecular formula is C14H20O4. The SMILES string of the molecule is COC(=O)c1ccc(CCCOCCCO)cc1. The summed E-state index contributed by atoms with van der Waals surface area (Å²) in [6.07, 6.45) is 2.54. The summed E-state index contributed by atoms with van der Waals surface area (Å²) >= 11 is 0. The summed E-state index contributed by atoms with van der Waals surface area (Å²) in [6, 6.07) is 7.40. The van der Waals surface area contributed by atoms with Crippen LogP contribution in [0.15, 0.2) is 24.3 Å². The highest BCUT2D eigenvalue weighted by Crippen LogP contribution is 2.08. The van der Waals surface area contributed by atoms with Crippen LogP contribution in [-0.2, 0) is 15.9 Å². The molecule has 1 N–H and O–H groups in total. The molecule has 0 saturated heterocycles. The minimum absolute atomic E-state index is 0.176. The summed E-state index contributed by atoms with van der Waals surface area (Å²) in [5.41, 5.74) is 1.74. The zero-order chi connectivity index (χ0) is 13.2. The fraction of sp³-hybridized carbons (Fsp3) is 0.500. The number of aryl methyl sites for hydroxylation is 1. The molecule has 0 aliphatic heterocycles. The molecule has 1 rings (SSSR count). The molecule has 0 atom stereocenters. The van der Waals surface area contributed by atoms with E-state index in [4.69, 9.17) is 9.84 Å². The average molecular weight is 252 g/mol. The molecular weight excluding hydrogens is 232 g/mol. The molecule has 0 saturated carbocycles. The van der Waals surface area contributed by atoms with Crippen LogP contribution in [-0.4, -0.2) is 38.0 Å². The van der Waals surface area contributed by atoms with Crippen molar-refractivity contribution in [2.24, 2.45) is 0 Å². The van der Waals surface area contributed by atoms with Gasteiger partial charge in [0.25, 0.3) is 0 Å². The molecule has 1 aromatic carbocycles. The number of methoxy groups -OCH3 is 1. The summed E-state index contributed by atoms with van der Waals surface area (Å²) < 4.78 is 9.97. The molecule has 0 spiro atoms. The van der Waals surface area contributed by atoms with Crippen LogP contribution in [0.1, 0.15) is 28.8 Å². The van der Waals surface area contributed by atoms with E-state index < -0.39 is 0 Å². The summed E-state index contributed by atoms with van der Waals surface area (Å²) in [7, 11) is 1.37. The van der Waals surface area contributed by atoms with Crippen LogP contribution in [0.3, 0.4) is 0 Å². The van der Waals surface area contributed by atoms with Crippen molar-refractivity contribution in [3.05, 3.63) is 35.4 Å². The topological polar surface area (TPSA) is 55.8 Å². The van der Waals surface area contributed by atoms with Gasteiger partial charge in [-0.25, -0.2) is 4.79 Å². The van der Waals surface area contributed by atoms with Crippen molar-refractivity contribution in [2.75, 3.05) is 26.9 Å². The van der Waals surface area contributed by atoms with Gasteiger partial charge in [0.05, 0.1) is 12.7 Å². The lowest BCUT2D eigenvalue weighted by Crippen LogP contribution is -2.02. The van der Waals surface area contributed by atoms with Crippen molar-refractivity contribution in [1.29, 1.82) is 0 Å². The van der Waals surface area contributed by atoms with Gasteiger partial charge >= 0.3 is 5.97 Å². The lowest BCUT2D eigenvalue weighted by molar-refractivity contribution is 0.0600. The normalized spacial score (nSPS) is 10.3. The number of carbonyl (C=O) groups is 1. The van der Waals surface area contributed by atoms with Gasteiger partial charge in [-0.2, -0.15) is 0 Å².